The van der Waals surface area contributed by atoms with Crippen LogP contribution in [0.1, 0.15) is 48.5 Å². The normalized spacial score (nSPS) is 13.8. The van der Waals surface area contributed by atoms with Crippen LogP contribution >= 0.6 is 11.3 Å². The number of nitrogens with zero attached hydrogens (tertiary/aromatic N) is 2. The van der Waals surface area contributed by atoms with Crippen molar-refractivity contribution in [3.63, 3.8) is 0 Å². The molecule has 1 atom stereocenters. The van der Waals surface area contributed by atoms with E-state index in [1.54, 1.807) is 13.8 Å². The maximum absolute atomic E-state index is 13.1. The third-order valence-corrected chi connectivity index (χ3v) is 7.43. The van der Waals surface area contributed by atoms with Crippen LogP contribution in [0.3, 0.4) is 0 Å². The Morgan fingerprint density at radius 3 is 2.62 bits per heavy atom. The zero-order valence-corrected chi connectivity index (χ0v) is 19.7. The molecule has 2 aromatic heterocycles. The number of amides is 2. The molecular formula is C26H24N4O3S. The number of aromatic nitrogens is 2. The van der Waals surface area contributed by atoms with Crippen LogP contribution in [0.25, 0.3) is 10.2 Å². The number of hydrogen-bond acceptors (Lipinski definition) is 5. The summed E-state index contributed by atoms with van der Waals surface area (Å²) < 4.78 is 0. The number of nitrogens with one attached hydrogen (secondary N) is 2. The SMILES string of the molecule is Cc1nc2sc(C(=O)NC[C@@H](CN3Cc4ccccc4C3=O)c3ccccc3)c(C)c2c(=O)[nH]1. The number of carbonyl (C=O) groups excluding carboxylic acids is 2. The van der Waals surface area contributed by atoms with Crippen LogP contribution in [0.4, 0.5) is 0 Å². The van der Waals surface area contributed by atoms with E-state index in [1.165, 1.54) is 11.3 Å². The fourth-order valence-corrected chi connectivity index (χ4v) is 5.65. The Morgan fingerprint density at radius 1 is 1.12 bits per heavy atom. The van der Waals surface area contributed by atoms with E-state index in [0.717, 1.165) is 16.7 Å². The predicted molar refractivity (Wildman–Crippen MR) is 132 cm³/mol. The van der Waals surface area contributed by atoms with Crippen molar-refractivity contribution in [3.05, 3.63) is 97.9 Å². The molecule has 0 saturated carbocycles. The van der Waals surface area contributed by atoms with E-state index >= 15 is 0 Å². The summed E-state index contributed by atoms with van der Waals surface area (Å²) in [6.45, 7) is 4.91. The second-order valence-corrected chi connectivity index (χ2v) is 9.55. The van der Waals surface area contributed by atoms with E-state index in [1.807, 2.05) is 59.5 Å². The van der Waals surface area contributed by atoms with E-state index in [9.17, 15) is 14.4 Å². The molecule has 4 aromatic rings. The summed E-state index contributed by atoms with van der Waals surface area (Å²) in [6, 6.07) is 17.6. The highest BCUT2D eigenvalue weighted by Gasteiger charge is 2.29. The van der Waals surface area contributed by atoms with Crippen molar-refractivity contribution in [1.82, 2.24) is 20.2 Å². The lowest BCUT2D eigenvalue weighted by Gasteiger charge is -2.24. The predicted octanol–water partition coefficient (Wildman–Crippen LogP) is 3.77. The molecule has 8 heteroatoms. The third-order valence-electron chi connectivity index (χ3n) is 6.24. The Kier molecular flexibility index (Phi) is 5.75. The van der Waals surface area contributed by atoms with Crippen LogP contribution in [0.2, 0.25) is 0 Å². The first kappa shape index (κ1) is 22.0. The summed E-state index contributed by atoms with van der Waals surface area (Å²) in [5.74, 6) is 0.214. The van der Waals surface area contributed by atoms with Gasteiger partial charge >= 0.3 is 0 Å². The quantitative estimate of drug-likeness (QED) is 0.447. The first-order valence-corrected chi connectivity index (χ1v) is 11.9. The molecule has 0 fully saturated rings. The summed E-state index contributed by atoms with van der Waals surface area (Å²) in [5.41, 5.74) is 3.22. The molecule has 0 saturated heterocycles. The molecule has 0 aliphatic carbocycles. The van der Waals surface area contributed by atoms with Crippen LogP contribution < -0.4 is 10.9 Å². The van der Waals surface area contributed by atoms with Gasteiger partial charge in [0.1, 0.15) is 10.7 Å². The first-order chi connectivity index (χ1) is 16.4. The molecule has 7 nitrogen and oxygen atoms in total. The van der Waals surface area contributed by atoms with Gasteiger partial charge in [-0.2, -0.15) is 0 Å². The molecule has 0 radical (unpaired) electrons. The summed E-state index contributed by atoms with van der Waals surface area (Å²) in [5, 5.41) is 3.50. The van der Waals surface area contributed by atoms with Gasteiger partial charge in [-0.25, -0.2) is 4.98 Å². The highest BCUT2D eigenvalue weighted by molar-refractivity contribution is 7.20. The highest BCUT2D eigenvalue weighted by Crippen LogP contribution is 2.28. The molecule has 1 aliphatic rings. The zero-order valence-electron chi connectivity index (χ0n) is 18.9. The summed E-state index contributed by atoms with van der Waals surface area (Å²) >= 11 is 1.23. The monoisotopic (exact) mass is 472 g/mol. The van der Waals surface area contributed by atoms with Crippen molar-refractivity contribution >= 4 is 33.4 Å². The van der Waals surface area contributed by atoms with E-state index < -0.39 is 0 Å². The minimum Gasteiger partial charge on any atom is -0.351 e. The molecule has 0 spiro atoms. The van der Waals surface area contributed by atoms with E-state index in [0.29, 0.717) is 46.1 Å². The molecule has 172 valence electrons. The fraction of sp³-hybridized carbons (Fsp3) is 0.231. The lowest BCUT2D eigenvalue weighted by Crippen LogP contribution is -2.35. The van der Waals surface area contributed by atoms with Crippen LogP contribution in [0, 0.1) is 13.8 Å². The van der Waals surface area contributed by atoms with Gasteiger partial charge in [-0.1, -0.05) is 48.5 Å². The third kappa shape index (κ3) is 4.01. The molecule has 2 aromatic carbocycles. The van der Waals surface area contributed by atoms with Crippen molar-refractivity contribution in [1.29, 1.82) is 0 Å². The number of benzene rings is 2. The van der Waals surface area contributed by atoms with Crippen LogP contribution in [-0.4, -0.2) is 39.8 Å². The number of H-pyrrole nitrogens is 1. The number of aromatic amines is 1. The van der Waals surface area contributed by atoms with Crippen molar-refractivity contribution in [2.24, 2.45) is 0 Å². The largest absolute Gasteiger partial charge is 0.351 e. The summed E-state index contributed by atoms with van der Waals surface area (Å²) in [6.07, 6.45) is 0. The lowest BCUT2D eigenvalue weighted by atomic mass is 9.98. The topological polar surface area (TPSA) is 95.2 Å². The summed E-state index contributed by atoms with van der Waals surface area (Å²) in [4.78, 5) is 48.4. The van der Waals surface area contributed by atoms with E-state index in [4.69, 9.17) is 0 Å². The molecule has 3 heterocycles. The number of carbonyl (C=O) groups is 2. The van der Waals surface area contributed by atoms with Crippen LogP contribution in [0.15, 0.2) is 59.4 Å². The molecule has 2 N–H and O–H groups in total. The lowest BCUT2D eigenvalue weighted by molar-refractivity contribution is 0.0767. The van der Waals surface area contributed by atoms with Gasteiger partial charge in [0.25, 0.3) is 17.4 Å². The minimum absolute atomic E-state index is 0.0175. The molecule has 2 amide bonds. The van der Waals surface area contributed by atoms with Crippen molar-refractivity contribution in [2.45, 2.75) is 26.3 Å². The summed E-state index contributed by atoms with van der Waals surface area (Å²) in [7, 11) is 0. The van der Waals surface area contributed by atoms with Gasteiger partial charge in [0.15, 0.2) is 0 Å². The van der Waals surface area contributed by atoms with Gasteiger partial charge < -0.3 is 15.2 Å². The second kappa shape index (κ2) is 8.87. The smallest absolute Gasteiger partial charge is 0.261 e. The Hall–Kier alpha value is -3.78. The zero-order chi connectivity index (χ0) is 23.8. The molecule has 5 rings (SSSR count). The number of rotatable bonds is 6. The Labute approximate surface area is 200 Å². The van der Waals surface area contributed by atoms with Crippen molar-refractivity contribution in [2.75, 3.05) is 13.1 Å². The number of aryl methyl sites for hydroxylation is 2. The molecule has 34 heavy (non-hydrogen) atoms. The first-order valence-electron chi connectivity index (χ1n) is 11.1. The van der Waals surface area contributed by atoms with Gasteiger partial charge in [0.05, 0.1) is 10.3 Å². The van der Waals surface area contributed by atoms with Gasteiger partial charge in [-0.05, 0) is 36.6 Å². The average molecular weight is 473 g/mol. The second-order valence-electron chi connectivity index (χ2n) is 8.55. The maximum atomic E-state index is 13.1. The van der Waals surface area contributed by atoms with Gasteiger partial charge in [0.2, 0.25) is 0 Å². The number of fused-ring (bicyclic) bond motifs is 2. The van der Waals surface area contributed by atoms with Crippen molar-refractivity contribution in [3.8, 4) is 0 Å². The standard InChI is InChI=1S/C26H24N4O3S/c1-15-21-23(31)28-16(2)29-25(21)34-22(15)24(32)27-12-19(17-8-4-3-5-9-17)14-30-13-18-10-6-7-11-20(18)26(30)33/h3-11,19H,12-14H2,1-2H3,(H,27,32)(H,28,29,31)/t19-/m0/s1. The molecule has 0 unspecified atom stereocenters. The number of hydrogen-bond donors (Lipinski definition) is 2. The molecular weight excluding hydrogens is 448 g/mol. The van der Waals surface area contributed by atoms with Gasteiger partial charge in [-0.3, -0.25) is 14.4 Å². The van der Waals surface area contributed by atoms with E-state index in [-0.39, 0.29) is 23.3 Å². The van der Waals surface area contributed by atoms with Gasteiger partial charge in [-0.15, -0.1) is 11.3 Å². The minimum atomic E-state index is -0.241. The van der Waals surface area contributed by atoms with Crippen LogP contribution in [0.5, 0.6) is 0 Å². The van der Waals surface area contributed by atoms with Crippen LogP contribution in [-0.2, 0) is 6.54 Å². The molecule has 1 aliphatic heterocycles. The Morgan fingerprint density at radius 2 is 1.85 bits per heavy atom. The number of thiophene rings is 1. The Balaban J connectivity index is 1.37. The highest BCUT2D eigenvalue weighted by atomic mass is 32.1. The van der Waals surface area contributed by atoms with Gasteiger partial charge in [0, 0.05) is 31.1 Å². The maximum Gasteiger partial charge on any atom is 0.261 e. The Bertz CT molecular complexity index is 1460. The van der Waals surface area contributed by atoms with E-state index in [2.05, 4.69) is 15.3 Å². The van der Waals surface area contributed by atoms with Crippen molar-refractivity contribution < 1.29 is 9.59 Å². The molecule has 0 bridgehead atoms. The average Bonchev–Trinajstić information content (AvgIpc) is 3.33. The fourth-order valence-electron chi connectivity index (χ4n) is 4.51.